The van der Waals surface area contributed by atoms with Gasteiger partial charge in [-0.25, -0.2) is 0 Å². The molecule has 2 rings (SSSR count). The summed E-state index contributed by atoms with van der Waals surface area (Å²) in [6, 6.07) is 4.44. The summed E-state index contributed by atoms with van der Waals surface area (Å²) in [6.07, 6.45) is -1.51. The van der Waals surface area contributed by atoms with Crippen LogP contribution in [0.3, 0.4) is 0 Å². The van der Waals surface area contributed by atoms with Crippen molar-refractivity contribution in [1.29, 1.82) is 0 Å². The zero-order chi connectivity index (χ0) is 24.0. The molecule has 32 heavy (non-hydrogen) atoms. The minimum Gasteiger partial charge on any atom is -0.497 e. The number of amides is 1. The Morgan fingerprint density at radius 3 is 2.25 bits per heavy atom. The van der Waals surface area contributed by atoms with Crippen LogP contribution in [0.5, 0.6) is 0 Å². The third-order valence-electron chi connectivity index (χ3n) is 4.80. The smallest absolute Gasteiger partial charge is 0.497 e. The van der Waals surface area contributed by atoms with Crippen molar-refractivity contribution in [1.82, 2.24) is 5.32 Å². The summed E-state index contributed by atoms with van der Waals surface area (Å²) in [5, 5.41) is 3.06. The highest BCUT2D eigenvalue weighted by Crippen LogP contribution is 2.28. The predicted molar refractivity (Wildman–Crippen MR) is 120 cm³/mol. The van der Waals surface area contributed by atoms with Crippen LogP contribution in [0.25, 0.3) is 0 Å². The molecule has 1 aromatic rings. The molecule has 174 valence electrons. The van der Waals surface area contributed by atoms with Crippen molar-refractivity contribution >= 4 is 53.9 Å². The van der Waals surface area contributed by atoms with Crippen LogP contribution in [0.15, 0.2) is 18.2 Å². The third kappa shape index (κ3) is 7.50. The van der Waals surface area contributed by atoms with E-state index in [1.54, 1.807) is 6.07 Å². The summed E-state index contributed by atoms with van der Waals surface area (Å²) in [7, 11) is -1.23. The van der Waals surface area contributed by atoms with Gasteiger partial charge >= 0.3 is 19.1 Å². The minimum absolute atomic E-state index is 0.0728. The van der Waals surface area contributed by atoms with Gasteiger partial charge in [0.05, 0.1) is 17.1 Å². The number of benzene rings is 1. The summed E-state index contributed by atoms with van der Waals surface area (Å²) in [5.74, 6) is -2.69. The lowest BCUT2D eigenvalue weighted by atomic mass is 9.65. The van der Waals surface area contributed by atoms with E-state index in [0.29, 0.717) is 11.4 Å². The molecule has 0 saturated carbocycles. The maximum Gasteiger partial charge on any atom is 0.602 e. The number of Topliss-reactive ketones (excluding diaryl/α,β-unsaturated/α-hetero) is 1. The van der Waals surface area contributed by atoms with Crippen LogP contribution in [-0.2, 0) is 28.4 Å². The van der Waals surface area contributed by atoms with Crippen molar-refractivity contribution in [3.8, 4) is 0 Å². The number of ketones is 1. The summed E-state index contributed by atoms with van der Waals surface area (Å²) in [4.78, 5) is 49.5. The Labute approximate surface area is 197 Å². The molecule has 0 radical (unpaired) electrons. The monoisotopic (exact) mass is 485 g/mol. The van der Waals surface area contributed by atoms with Crippen LogP contribution in [-0.4, -0.2) is 49.5 Å². The highest BCUT2D eigenvalue weighted by Gasteiger charge is 2.43. The van der Waals surface area contributed by atoms with Crippen LogP contribution < -0.4 is 5.32 Å². The summed E-state index contributed by atoms with van der Waals surface area (Å²) in [6.45, 7) is 6.55. The Balaban J connectivity index is 2.07. The third-order valence-corrected chi connectivity index (χ3v) is 5.37. The van der Waals surface area contributed by atoms with Gasteiger partial charge in [-0.1, -0.05) is 37.0 Å². The van der Waals surface area contributed by atoms with Gasteiger partial charge in [0.25, 0.3) is 5.91 Å². The van der Waals surface area contributed by atoms with Gasteiger partial charge < -0.3 is 19.4 Å². The van der Waals surface area contributed by atoms with Crippen LogP contribution >= 0.6 is 23.2 Å². The molecule has 11 heteroatoms. The molecular formula is C21H26BCl2NO7. The van der Waals surface area contributed by atoms with Gasteiger partial charge in [-0.2, -0.15) is 0 Å². The fourth-order valence-corrected chi connectivity index (χ4v) is 3.64. The summed E-state index contributed by atoms with van der Waals surface area (Å²) in [5.41, 5.74) is 0.150. The largest absolute Gasteiger partial charge is 0.602 e. The van der Waals surface area contributed by atoms with E-state index < -0.39 is 43.0 Å². The second-order valence-corrected chi connectivity index (χ2v) is 8.95. The van der Waals surface area contributed by atoms with Gasteiger partial charge in [-0.15, -0.1) is 0 Å². The lowest BCUT2D eigenvalue weighted by molar-refractivity contribution is -0.167. The van der Waals surface area contributed by atoms with Crippen LogP contribution in [0.2, 0.25) is 15.9 Å². The van der Waals surface area contributed by atoms with Gasteiger partial charge in [-0.05, 0) is 44.4 Å². The maximum atomic E-state index is 12.6. The lowest BCUT2D eigenvalue weighted by Crippen LogP contribution is -2.45. The maximum absolute atomic E-state index is 12.6. The Morgan fingerprint density at radius 1 is 1.09 bits per heavy atom. The highest BCUT2D eigenvalue weighted by atomic mass is 35.5. The normalized spacial score (nSPS) is 20.2. The topological polar surface area (TPSA) is 108 Å². The number of carbonyl (C=O) groups excluding carboxylic acids is 4. The fraction of sp³-hybridized carbons (Fsp3) is 0.524. The minimum atomic E-state index is -1.23. The SMILES string of the molecule is CC(C)C[C@H](CC(=O)CNC(=O)c1cc(Cl)ccc1Cl)B1OC(=O)[C@H](C)O[C@H](C)C(=O)O1. The summed E-state index contributed by atoms with van der Waals surface area (Å²) < 4.78 is 15.9. The van der Waals surface area contributed by atoms with Crippen molar-refractivity contribution in [3.63, 3.8) is 0 Å². The molecule has 1 heterocycles. The molecule has 3 atom stereocenters. The molecular weight excluding hydrogens is 460 g/mol. The van der Waals surface area contributed by atoms with Crippen molar-refractivity contribution in [2.75, 3.05) is 6.54 Å². The quantitative estimate of drug-likeness (QED) is 0.561. The first-order valence-corrected chi connectivity index (χ1v) is 11.0. The Morgan fingerprint density at radius 2 is 1.69 bits per heavy atom. The number of hydrogen-bond acceptors (Lipinski definition) is 7. The van der Waals surface area contributed by atoms with E-state index in [1.165, 1.54) is 26.0 Å². The number of halogens is 2. The number of ether oxygens (including phenoxy) is 1. The average Bonchev–Trinajstić information content (AvgIpc) is 2.71. The van der Waals surface area contributed by atoms with Crippen molar-refractivity contribution in [2.45, 2.75) is 58.6 Å². The highest BCUT2D eigenvalue weighted by molar-refractivity contribution is 6.51. The van der Waals surface area contributed by atoms with Gasteiger partial charge in [-0.3, -0.25) is 19.2 Å². The van der Waals surface area contributed by atoms with Crippen molar-refractivity contribution in [3.05, 3.63) is 33.8 Å². The molecule has 0 unspecified atom stereocenters. The number of rotatable bonds is 8. The lowest BCUT2D eigenvalue weighted by Gasteiger charge is -2.29. The van der Waals surface area contributed by atoms with Gasteiger partial charge in [0, 0.05) is 17.3 Å². The molecule has 1 amide bonds. The predicted octanol–water partition coefficient (Wildman–Crippen LogP) is 3.48. The van der Waals surface area contributed by atoms with Crippen molar-refractivity contribution < 1.29 is 33.2 Å². The zero-order valence-corrected chi connectivity index (χ0v) is 19.9. The second kappa shape index (κ2) is 11.7. The van der Waals surface area contributed by atoms with E-state index in [1.807, 2.05) is 13.8 Å². The Bertz CT molecular complexity index is 858. The molecule has 0 spiro atoms. The first-order valence-electron chi connectivity index (χ1n) is 10.3. The molecule has 1 saturated heterocycles. The van der Waals surface area contributed by atoms with E-state index in [0.717, 1.165) is 0 Å². The molecule has 0 aliphatic carbocycles. The zero-order valence-electron chi connectivity index (χ0n) is 18.4. The first kappa shape index (κ1) is 26.2. The van der Waals surface area contributed by atoms with Gasteiger partial charge in [0.15, 0.2) is 18.0 Å². The number of carbonyl (C=O) groups is 4. The first-order chi connectivity index (χ1) is 15.0. The molecule has 0 aromatic heterocycles. The van der Waals surface area contributed by atoms with Crippen molar-refractivity contribution in [2.24, 2.45) is 5.92 Å². The van der Waals surface area contributed by atoms with E-state index in [-0.39, 0.29) is 35.3 Å². The van der Waals surface area contributed by atoms with E-state index in [2.05, 4.69) is 5.32 Å². The second-order valence-electron chi connectivity index (χ2n) is 8.10. The molecule has 1 aromatic carbocycles. The molecule has 1 N–H and O–H groups in total. The standard InChI is InChI=1S/C21H26BCl2NO7/c1-11(2)7-14(22-31-20(28)12(3)30-13(4)21(29)32-22)8-16(26)10-25-19(27)17-9-15(23)5-6-18(17)24/h5-6,9,11-14H,7-8,10H2,1-4H3,(H,25,27)/t12-,13+,14-/m1/s1. The molecule has 1 aliphatic heterocycles. The van der Waals surface area contributed by atoms with Crippen LogP contribution in [0, 0.1) is 5.92 Å². The summed E-state index contributed by atoms with van der Waals surface area (Å²) >= 11 is 11.9. The Kier molecular flexibility index (Phi) is 9.55. The van der Waals surface area contributed by atoms with Crippen LogP contribution in [0.4, 0.5) is 0 Å². The number of nitrogens with one attached hydrogen (secondary N) is 1. The van der Waals surface area contributed by atoms with Crippen LogP contribution in [0.1, 0.15) is 50.9 Å². The molecule has 0 bridgehead atoms. The molecule has 1 aliphatic rings. The fourth-order valence-electron chi connectivity index (χ4n) is 3.26. The Hall–Kier alpha value is -2.10. The number of hydrogen-bond donors (Lipinski definition) is 1. The average molecular weight is 486 g/mol. The van der Waals surface area contributed by atoms with E-state index >= 15 is 0 Å². The van der Waals surface area contributed by atoms with Gasteiger partial charge in [0.2, 0.25) is 0 Å². The molecule has 1 fully saturated rings. The van der Waals surface area contributed by atoms with E-state index in [4.69, 9.17) is 37.2 Å². The molecule has 8 nitrogen and oxygen atoms in total. The van der Waals surface area contributed by atoms with E-state index in [9.17, 15) is 19.2 Å². The van der Waals surface area contributed by atoms with Gasteiger partial charge in [0.1, 0.15) is 0 Å².